The molecule has 0 aliphatic carbocycles. The van der Waals surface area contributed by atoms with Gasteiger partial charge in [-0.2, -0.15) is 0 Å². The molecule has 1 aliphatic heterocycles. The maximum atomic E-state index is 10.1. The number of aliphatic hydroxyl groups excluding tert-OH is 1. The van der Waals surface area contributed by atoms with E-state index in [0.717, 1.165) is 31.2 Å². The molecule has 1 heterocycles. The van der Waals surface area contributed by atoms with Crippen LogP contribution >= 0.6 is 11.6 Å². The van der Waals surface area contributed by atoms with Gasteiger partial charge in [0.2, 0.25) is 0 Å². The number of aliphatic hydroxyl groups is 1. The third-order valence-corrected chi connectivity index (χ3v) is 3.96. The van der Waals surface area contributed by atoms with Gasteiger partial charge < -0.3 is 14.7 Å². The summed E-state index contributed by atoms with van der Waals surface area (Å²) < 4.78 is 5.63. The highest BCUT2D eigenvalue weighted by Crippen LogP contribution is 2.20. The number of ether oxygens (including phenoxy) is 1. The monoisotopic (exact) mass is 326 g/mol. The van der Waals surface area contributed by atoms with E-state index in [0.29, 0.717) is 13.2 Å². The van der Waals surface area contributed by atoms with Crippen molar-refractivity contribution < 1.29 is 9.84 Å². The minimum atomic E-state index is -0.433. The summed E-state index contributed by atoms with van der Waals surface area (Å²) in [5.41, 5.74) is 0.968. The number of nitrogens with zero attached hydrogens (tertiary/aromatic N) is 2. The Hall–Kier alpha value is -0.810. The molecular weight excluding hydrogens is 300 g/mol. The van der Waals surface area contributed by atoms with Crippen LogP contribution in [0.4, 0.5) is 5.69 Å². The summed E-state index contributed by atoms with van der Waals surface area (Å²) in [7, 11) is 0. The molecule has 1 aromatic rings. The second kappa shape index (κ2) is 7.64. The Morgan fingerprint density at radius 2 is 1.91 bits per heavy atom. The number of benzene rings is 1. The van der Waals surface area contributed by atoms with Crippen LogP contribution in [0.3, 0.4) is 0 Å². The average Bonchev–Trinajstić information content (AvgIpc) is 2.45. The Balaban J connectivity index is 1.75. The van der Waals surface area contributed by atoms with Crippen LogP contribution in [0.1, 0.15) is 20.8 Å². The van der Waals surface area contributed by atoms with E-state index in [4.69, 9.17) is 16.3 Å². The van der Waals surface area contributed by atoms with Gasteiger partial charge in [-0.05, 0) is 39.0 Å². The minimum Gasteiger partial charge on any atom is -0.389 e. The van der Waals surface area contributed by atoms with Crippen LogP contribution < -0.4 is 4.90 Å². The maximum absolute atomic E-state index is 10.1. The molecule has 0 bridgehead atoms. The quantitative estimate of drug-likeness (QED) is 0.902. The fourth-order valence-electron chi connectivity index (χ4n) is 2.56. The first-order valence-electron chi connectivity index (χ1n) is 7.88. The van der Waals surface area contributed by atoms with Gasteiger partial charge in [-0.3, -0.25) is 4.90 Å². The number of rotatable bonds is 5. The smallest absolute Gasteiger partial charge is 0.0900 e. The van der Waals surface area contributed by atoms with Crippen LogP contribution in [-0.2, 0) is 4.74 Å². The molecule has 5 heteroatoms. The molecule has 0 aromatic heterocycles. The van der Waals surface area contributed by atoms with Crippen molar-refractivity contribution in [2.75, 3.05) is 44.2 Å². The fourth-order valence-corrected chi connectivity index (χ4v) is 2.74. The lowest BCUT2D eigenvalue weighted by atomic mass is 10.2. The van der Waals surface area contributed by atoms with E-state index >= 15 is 0 Å². The lowest BCUT2D eigenvalue weighted by Crippen LogP contribution is -2.49. The molecule has 1 aliphatic rings. The molecule has 1 fully saturated rings. The topological polar surface area (TPSA) is 35.9 Å². The predicted octanol–water partition coefficient (Wildman–Crippen LogP) is 2.64. The standard InChI is InChI=1S/C17H27ClN2O2/c1-17(2,3)22-13-16(21)12-19-7-9-20(10-8-19)15-6-4-5-14(18)11-15/h4-6,11,16,21H,7-10,12-13H2,1-3H3/t16-/m1/s1. The van der Waals surface area contributed by atoms with Crippen molar-refractivity contribution in [3.63, 3.8) is 0 Å². The molecule has 0 unspecified atom stereocenters. The van der Waals surface area contributed by atoms with Crippen molar-refractivity contribution in [1.29, 1.82) is 0 Å². The van der Waals surface area contributed by atoms with E-state index in [1.54, 1.807) is 0 Å². The van der Waals surface area contributed by atoms with E-state index < -0.39 is 6.10 Å². The predicted molar refractivity (Wildman–Crippen MR) is 91.8 cm³/mol. The third-order valence-electron chi connectivity index (χ3n) is 3.72. The molecule has 1 saturated heterocycles. The van der Waals surface area contributed by atoms with E-state index in [1.807, 2.05) is 39.0 Å². The van der Waals surface area contributed by atoms with Crippen LogP contribution in [0, 0.1) is 0 Å². The lowest BCUT2D eigenvalue weighted by molar-refractivity contribution is -0.0563. The molecule has 0 spiro atoms. The zero-order valence-corrected chi connectivity index (χ0v) is 14.5. The zero-order chi connectivity index (χ0) is 16.2. The van der Waals surface area contributed by atoms with Crippen LogP contribution in [0.25, 0.3) is 0 Å². The summed E-state index contributed by atoms with van der Waals surface area (Å²) in [6.07, 6.45) is -0.433. The van der Waals surface area contributed by atoms with Gasteiger partial charge in [-0.15, -0.1) is 0 Å². The molecule has 0 radical (unpaired) electrons. The van der Waals surface area contributed by atoms with Gasteiger partial charge in [0.1, 0.15) is 0 Å². The second-order valence-corrected chi connectivity index (χ2v) is 7.28. The SMILES string of the molecule is CC(C)(C)OC[C@H](O)CN1CCN(c2cccc(Cl)c2)CC1. The Morgan fingerprint density at radius 3 is 2.50 bits per heavy atom. The van der Waals surface area contributed by atoms with Crippen molar-refractivity contribution in [1.82, 2.24) is 4.90 Å². The summed E-state index contributed by atoms with van der Waals surface area (Å²) in [5, 5.41) is 10.9. The highest BCUT2D eigenvalue weighted by Gasteiger charge is 2.21. The summed E-state index contributed by atoms with van der Waals surface area (Å²) in [6.45, 7) is 10.9. The van der Waals surface area contributed by atoms with Crippen molar-refractivity contribution in [2.24, 2.45) is 0 Å². The average molecular weight is 327 g/mol. The largest absolute Gasteiger partial charge is 0.389 e. The lowest BCUT2D eigenvalue weighted by Gasteiger charge is -2.37. The summed E-state index contributed by atoms with van der Waals surface area (Å²) in [4.78, 5) is 4.62. The van der Waals surface area contributed by atoms with Crippen LogP contribution in [0.15, 0.2) is 24.3 Å². The highest BCUT2D eigenvalue weighted by atomic mass is 35.5. The fraction of sp³-hybridized carbons (Fsp3) is 0.647. The molecule has 1 atom stereocenters. The normalized spacial score (nSPS) is 18.5. The number of β-amino-alcohol motifs (C(OH)–C–C–N with tert-alkyl or cyclic N) is 1. The Morgan fingerprint density at radius 1 is 1.23 bits per heavy atom. The number of hydrogen-bond donors (Lipinski definition) is 1. The first kappa shape index (κ1) is 17.5. The third kappa shape index (κ3) is 5.76. The van der Waals surface area contributed by atoms with Gasteiger partial charge in [0.15, 0.2) is 0 Å². The Bertz CT molecular complexity index is 468. The van der Waals surface area contributed by atoms with Gasteiger partial charge in [0, 0.05) is 43.4 Å². The number of hydrogen-bond acceptors (Lipinski definition) is 4. The Kier molecular flexibility index (Phi) is 6.09. The van der Waals surface area contributed by atoms with Crippen molar-refractivity contribution >= 4 is 17.3 Å². The molecule has 1 N–H and O–H groups in total. The Labute approximate surface area is 138 Å². The van der Waals surface area contributed by atoms with Crippen molar-refractivity contribution in [2.45, 2.75) is 32.5 Å². The van der Waals surface area contributed by atoms with E-state index in [9.17, 15) is 5.11 Å². The molecule has 2 rings (SSSR count). The van der Waals surface area contributed by atoms with Crippen LogP contribution in [-0.4, -0.2) is 61.0 Å². The zero-order valence-electron chi connectivity index (χ0n) is 13.8. The van der Waals surface area contributed by atoms with Gasteiger partial charge in [-0.25, -0.2) is 0 Å². The second-order valence-electron chi connectivity index (χ2n) is 6.84. The first-order valence-corrected chi connectivity index (χ1v) is 8.26. The molecule has 0 saturated carbocycles. The van der Waals surface area contributed by atoms with Gasteiger partial charge in [0.25, 0.3) is 0 Å². The van der Waals surface area contributed by atoms with Gasteiger partial charge in [0.05, 0.1) is 18.3 Å². The summed E-state index contributed by atoms with van der Waals surface area (Å²) in [5.74, 6) is 0. The van der Waals surface area contributed by atoms with Gasteiger partial charge in [-0.1, -0.05) is 17.7 Å². The number of piperazine rings is 1. The first-order chi connectivity index (χ1) is 10.3. The number of anilines is 1. The molecule has 22 heavy (non-hydrogen) atoms. The maximum Gasteiger partial charge on any atom is 0.0900 e. The van der Waals surface area contributed by atoms with Gasteiger partial charge >= 0.3 is 0 Å². The minimum absolute atomic E-state index is 0.202. The molecular formula is C17H27ClN2O2. The van der Waals surface area contributed by atoms with Crippen molar-refractivity contribution in [3.05, 3.63) is 29.3 Å². The molecule has 0 amide bonds. The van der Waals surface area contributed by atoms with E-state index in [1.165, 1.54) is 5.69 Å². The highest BCUT2D eigenvalue weighted by molar-refractivity contribution is 6.30. The molecule has 124 valence electrons. The van der Waals surface area contributed by atoms with E-state index in [2.05, 4.69) is 15.9 Å². The number of halogens is 1. The molecule has 4 nitrogen and oxygen atoms in total. The van der Waals surface area contributed by atoms with Crippen LogP contribution in [0.2, 0.25) is 5.02 Å². The summed E-state index contributed by atoms with van der Waals surface area (Å²) >= 11 is 6.05. The van der Waals surface area contributed by atoms with Crippen LogP contribution in [0.5, 0.6) is 0 Å². The van der Waals surface area contributed by atoms with E-state index in [-0.39, 0.29) is 5.60 Å². The molecule has 1 aromatic carbocycles. The summed E-state index contributed by atoms with van der Waals surface area (Å²) in [6, 6.07) is 7.97. The van der Waals surface area contributed by atoms with Crippen molar-refractivity contribution in [3.8, 4) is 0 Å².